The number of unbranched alkanes of at least 4 members (excludes halogenated alkanes) is 2. The van der Waals surface area contributed by atoms with Gasteiger partial charge in [0, 0.05) is 17.3 Å². The maximum Gasteiger partial charge on any atom is 0.259 e. The van der Waals surface area contributed by atoms with Gasteiger partial charge in [0.05, 0.1) is 5.39 Å². The van der Waals surface area contributed by atoms with Gasteiger partial charge in [-0.25, -0.2) is 4.98 Å². The zero-order chi connectivity index (χ0) is 17.5. The molecule has 0 aromatic carbocycles. The Hall–Kier alpha value is -1.20. The van der Waals surface area contributed by atoms with E-state index in [9.17, 15) is 4.79 Å². The molecule has 5 heteroatoms. The lowest BCUT2D eigenvalue weighted by molar-refractivity contribution is 0.531. The van der Waals surface area contributed by atoms with Gasteiger partial charge < -0.3 is 10.7 Å². The highest BCUT2D eigenvalue weighted by Gasteiger charge is 2.18. The Morgan fingerprint density at radius 1 is 1.17 bits per heavy atom. The number of hydrogen-bond donors (Lipinski definition) is 2. The summed E-state index contributed by atoms with van der Waals surface area (Å²) in [5.41, 5.74) is 5.79. The smallest absolute Gasteiger partial charge is 0.259 e. The number of aromatic amines is 1. The molecule has 24 heavy (non-hydrogen) atoms. The second-order valence-electron chi connectivity index (χ2n) is 6.64. The van der Waals surface area contributed by atoms with Crippen LogP contribution in [-0.4, -0.2) is 16.5 Å². The standard InChI is InChI=1S/C19H31N3OS/c1-4-7-9-14(10-8-5-2)16-11-15-18(23)21-17(13(6-3)12-20)22-19(15)24-16/h11,13-14H,4-10,12,20H2,1-3H3,(H,21,22,23). The molecule has 2 rings (SSSR count). The number of nitrogens with two attached hydrogens (primary N) is 1. The largest absolute Gasteiger partial charge is 0.330 e. The summed E-state index contributed by atoms with van der Waals surface area (Å²) in [5.74, 6) is 1.43. The number of nitrogens with zero attached hydrogens (tertiary/aromatic N) is 1. The monoisotopic (exact) mass is 349 g/mol. The number of hydrogen-bond acceptors (Lipinski definition) is 4. The van der Waals surface area contributed by atoms with Gasteiger partial charge in [0.25, 0.3) is 5.56 Å². The van der Waals surface area contributed by atoms with Crippen molar-refractivity contribution >= 4 is 21.6 Å². The molecule has 4 nitrogen and oxygen atoms in total. The molecule has 0 radical (unpaired) electrons. The summed E-state index contributed by atoms with van der Waals surface area (Å²) in [5, 5.41) is 0.739. The Morgan fingerprint density at radius 2 is 1.83 bits per heavy atom. The predicted octanol–water partition coefficient (Wildman–Crippen LogP) is 4.90. The molecule has 1 atom stereocenters. The first kappa shape index (κ1) is 19.1. The second kappa shape index (κ2) is 9.33. The third kappa shape index (κ3) is 4.45. The molecular formula is C19H31N3OS. The van der Waals surface area contributed by atoms with E-state index >= 15 is 0 Å². The minimum Gasteiger partial charge on any atom is -0.330 e. The Kier molecular flexibility index (Phi) is 7.43. The van der Waals surface area contributed by atoms with Crippen LogP contribution >= 0.6 is 11.3 Å². The van der Waals surface area contributed by atoms with Crippen LogP contribution < -0.4 is 11.3 Å². The van der Waals surface area contributed by atoms with Crippen molar-refractivity contribution in [3.05, 3.63) is 27.1 Å². The zero-order valence-corrected chi connectivity index (χ0v) is 16.0. The second-order valence-corrected chi connectivity index (χ2v) is 7.70. The van der Waals surface area contributed by atoms with Crippen LogP contribution in [0.2, 0.25) is 0 Å². The Morgan fingerprint density at radius 3 is 2.38 bits per heavy atom. The molecule has 0 amide bonds. The first-order valence-corrected chi connectivity index (χ1v) is 10.2. The van der Waals surface area contributed by atoms with Crippen LogP contribution in [-0.2, 0) is 0 Å². The van der Waals surface area contributed by atoms with Gasteiger partial charge in [-0.1, -0.05) is 46.5 Å². The molecule has 0 saturated heterocycles. The van der Waals surface area contributed by atoms with Crippen molar-refractivity contribution in [2.24, 2.45) is 5.73 Å². The van der Waals surface area contributed by atoms with E-state index in [2.05, 4.69) is 31.8 Å². The van der Waals surface area contributed by atoms with Crippen LogP contribution in [0.1, 0.15) is 88.3 Å². The number of aromatic nitrogens is 2. The van der Waals surface area contributed by atoms with E-state index in [0.717, 1.165) is 22.5 Å². The molecule has 0 aliphatic carbocycles. The fourth-order valence-corrected chi connectivity index (χ4v) is 4.37. The molecule has 0 aliphatic rings. The minimum absolute atomic E-state index is 0.0193. The molecule has 2 aromatic rings. The maximum atomic E-state index is 12.5. The summed E-state index contributed by atoms with van der Waals surface area (Å²) in [6.45, 7) is 7.06. The van der Waals surface area contributed by atoms with Crippen LogP contribution in [0, 0.1) is 0 Å². The van der Waals surface area contributed by atoms with Crippen molar-refractivity contribution in [3.8, 4) is 0 Å². The van der Waals surface area contributed by atoms with E-state index in [-0.39, 0.29) is 11.5 Å². The summed E-state index contributed by atoms with van der Waals surface area (Å²) in [7, 11) is 0. The number of H-pyrrole nitrogens is 1. The molecule has 0 saturated carbocycles. The molecule has 0 aliphatic heterocycles. The summed E-state index contributed by atoms with van der Waals surface area (Å²) in [6, 6.07) is 2.08. The average Bonchev–Trinajstić information content (AvgIpc) is 3.01. The Labute approximate surface area is 148 Å². The summed E-state index contributed by atoms with van der Waals surface area (Å²) in [4.78, 5) is 22.3. The molecule has 3 N–H and O–H groups in total. The number of rotatable bonds is 10. The quantitative estimate of drug-likeness (QED) is 0.641. The molecule has 0 bridgehead atoms. The first-order chi connectivity index (χ1) is 11.6. The van der Waals surface area contributed by atoms with Crippen molar-refractivity contribution < 1.29 is 0 Å². The highest BCUT2D eigenvalue weighted by atomic mass is 32.1. The molecule has 2 aromatic heterocycles. The lowest BCUT2D eigenvalue weighted by Crippen LogP contribution is -2.19. The van der Waals surface area contributed by atoms with Gasteiger partial charge in [-0.2, -0.15) is 0 Å². The topological polar surface area (TPSA) is 71.8 Å². The molecule has 0 fully saturated rings. The fourth-order valence-electron chi connectivity index (χ4n) is 3.16. The van der Waals surface area contributed by atoms with Gasteiger partial charge in [0.15, 0.2) is 0 Å². The van der Waals surface area contributed by atoms with Crippen LogP contribution in [0.15, 0.2) is 10.9 Å². The molecule has 0 spiro atoms. The van der Waals surface area contributed by atoms with Crippen molar-refractivity contribution in [3.63, 3.8) is 0 Å². The van der Waals surface area contributed by atoms with Crippen molar-refractivity contribution in [2.75, 3.05) is 6.54 Å². The summed E-state index contributed by atoms with van der Waals surface area (Å²) in [6.07, 6.45) is 8.20. The van der Waals surface area contributed by atoms with Gasteiger partial charge in [-0.15, -0.1) is 11.3 Å². The normalized spacial score (nSPS) is 13.0. The number of thiophene rings is 1. The van der Waals surface area contributed by atoms with Crippen molar-refractivity contribution in [1.29, 1.82) is 0 Å². The maximum absolute atomic E-state index is 12.5. The van der Waals surface area contributed by atoms with Gasteiger partial charge in [-0.05, 0) is 31.2 Å². The molecule has 134 valence electrons. The number of fused-ring (bicyclic) bond motifs is 1. The van der Waals surface area contributed by atoms with E-state index in [0.29, 0.717) is 12.5 Å². The van der Waals surface area contributed by atoms with Crippen molar-refractivity contribution in [1.82, 2.24) is 9.97 Å². The lowest BCUT2D eigenvalue weighted by Gasteiger charge is -2.14. The Balaban J connectivity index is 2.37. The third-order valence-corrected chi connectivity index (χ3v) is 6.01. The minimum atomic E-state index is -0.0193. The van der Waals surface area contributed by atoms with Gasteiger partial charge >= 0.3 is 0 Å². The summed E-state index contributed by atoms with van der Waals surface area (Å²) >= 11 is 1.70. The molecule has 1 unspecified atom stereocenters. The number of nitrogens with one attached hydrogen (secondary N) is 1. The molecule has 2 heterocycles. The first-order valence-electron chi connectivity index (χ1n) is 9.38. The van der Waals surface area contributed by atoms with Crippen LogP contribution in [0.25, 0.3) is 10.2 Å². The zero-order valence-electron chi connectivity index (χ0n) is 15.2. The third-order valence-electron chi connectivity index (χ3n) is 4.82. The van der Waals surface area contributed by atoms with E-state index in [1.54, 1.807) is 11.3 Å². The lowest BCUT2D eigenvalue weighted by atomic mass is 9.94. The Bertz CT molecular complexity index is 679. The van der Waals surface area contributed by atoms with Gasteiger partial charge in [0.1, 0.15) is 10.7 Å². The SMILES string of the molecule is CCCCC(CCCC)c1cc2c(=O)[nH]c(C(CC)CN)nc2s1. The van der Waals surface area contributed by atoms with Crippen LogP contribution in [0.4, 0.5) is 0 Å². The highest BCUT2D eigenvalue weighted by Crippen LogP contribution is 2.35. The fraction of sp³-hybridized carbons (Fsp3) is 0.684. The van der Waals surface area contributed by atoms with E-state index in [1.807, 2.05) is 0 Å². The van der Waals surface area contributed by atoms with Crippen molar-refractivity contribution in [2.45, 2.75) is 77.6 Å². The van der Waals surface area contributed by atoms with E-state index < -0.39 is 0 Å². The van der Waals surface area contributed by atoms with Gasteiger partial charge in [0.2, 0.25) is 0 Å². The van der Waals surface area contributed by atoms with Gasteiger partial charge in [-0.3, -0.25) is 4.79 Å². The van der Waals surface area contributed by atoms with Crippen LogP contribution in [0.5, 0.6) is 0 Å². The average molecular weight is 350 g/mol. The van der Waals surface area contributed by atoms with E-state index in [4.69, 9.17) is 10.7 Å². The molecular weight excluding hydrogens is 318 g/mol. The van der Waals surface area contributed by atoms with E-state index in [1.165, 1.54) is 43.4 Å². The van der Waals surface area contributed by atoms with Crippen LogP contribution in [0.3, 0.4) is 0 Å². The summed E-state index contributed by atoms with van der Waals surface area (Å²) < 4.78 is 0. The highest BCUT2D eigenvalue weighted by molar-refractivity contribution is 7.18. The predicted molar refractivity (Wildman–Crippen MR) is 104 cm³/mol.